The van der Waals surface area contributed by atoms with E-state index in [2.05, 4.69) is 20.7 Å². The fourth-order valence-electron chi connectivity index (χ4n) is 1.77. The van der Waals surface area contributed by atoms with Gasteiger partial charge in [-0.25, -0.2) is 17.5 Å². The molecule has 0 spiro atoms. The topological polar surface area (TPSA) is 81.4 Å². The van der Waals surface area contributed by atoms with Crippen molar-refractivity contribution in [3.63, 3.8) is 0 Å². The maximum absolute atomic E-state index is 13.3. The quantitative estimate of drug-likeness (QED) is 0.535. The zero-order valence-corrected chi connectivity index (χ0v) is 13.8. The zero-order chi connectivity index (χ0) is 15.5. The number of ether oxygens (including phenoxy) is 1. The Kier molecular flexibility index (Phi) is 5.59. The van der Waals surface area contributed by atoms with E-state index in [0.717, 1.165) is 18.7 Å². The largest absolute Gasteiger partial charge is 0.398 e. The second kappa shape index (κ2) is 7.04. The van der Waals surface area contributed by atoms with E-state index in [1.54, 1.807) is 0 Å². The molecule has 0 unspecified atom stereocenters. The summed E-state index contributed by atoms with van der Waals surface area (Å²) in [6, 6.07) is 2.15. The third kappa shape index (κ3) is 4.91. The number of benzene rings is 1. The normalized spacial score (nSPS) is 15.3. The minimum Gasteiger partial charge on any atom is -0.398 e. The van der Waals surface area contributed by atoms with Crippen LogP contribution in [0.1, 0.15) is 19.3 Å². The number of nitrogens with one attached hydrogen (secondary N) is 1. The number of halogens is 2. The van der Waals surface area contributed by atoms with Crippen LogP contribution in [0.5, 0.6) is 0 Å². The van der Waals surface area contributed by atoms with Crippen LogP contribution < -0.4 is 10.5 Å². The third-order valence-corrected chi connectivity index (χ3v) is 5.27. The summed E-state index contributed by atoms with van der Waals surface area (Å²) in [6.07, 6.45) is 3.03. The molecule has 0 saturated heterocycles. The van der Waals surface area contributed by atoms with Crippen molar-refractivity contribution in [3.05, 3.63) is 22.4 Å². The number of hydrogen-bond donors (Lipinski definition) is 2. The minimum absolute atomic E-state index is 0.0600. The molecule has 0 amide bonds. The highest BCUT2D eigenvalue weighted by molar-refractivity contribution is 9.10. The number of rotatable bonds is 8. The van der Waals surface area contributed by atoms with Gasteiger partial charge < -0.3 is 10.5 Å². The molecule has 3 N–H and O–H groups in total. The molecule has 1 aromatic carbocycles. The first-order valence-corrected chi connectivity index (χ1v) is 8.99. The standard InChI is InChI=1S/C13H18BrFN2O3S/c14-10-6-13(12(16)7-11(10)15)21(18,19)17-4-1-5-20-8-9-2-3-9/h6-7,9,17H,1-5,8,16H2. The van der Waals surface area contributed by atoms with Gasteiger partial charge in [0.15, 0.2) is 0 Å². The molecule has 1 aliphatic carbocycles. The average molecular weight is 381 g/mol. The maximum Gasteiger partial charge on any atom is 0.242 e. The summed E-state index contributed by atoms with van der Waals surface area (Å²) < 4.78 is 45.4. The van der Waals surface area contributed by atoms with Gasteiger partial charge in [-0.05, 0) is 53.2 Å². The van der Waals surface area contributed by atoms with Crippen LogP contribution in [0.25, 0.3) is 0 Å². The van der Waals surface area contributed by atoms with E-state index in [1.807, 2.05) is 0 Å². The first-order valence-electron chi connectivity index (χ1n) is 6.72. The van der Waals surface area contributed by atoms with Crippen LogP contribution in [-0.2, 0) is 14.8 Å². The Morgan fingerprint density at radius 1 is 1.43 bits per heavy atom. The van der Waals surface area contributed by atoms with Gasteiger partial charge in [-0.1, -0.05) is 0 Å². The van der Waals surface area contributed by atoms with Crippen LogP contribution in [0.2, 0.25) is 0 Å². The van der Waals surface area contributed by atoms with E-state index in [9.17, 15) is 12.8 Å². The predicted octanol–water partition coefficient (Wildman–Crippen LogP) is 2.27. The SMILES string of the molecule is Nc1cc(F)c(Br)cc1S(=O)(=O)NCCCOCC1CC1. The molecule has 21 heavy (non-hydrogen) atoms. The van der Waals surface area contributed by atoms with Gasteiger partial charge in [-0.15, -0.1) is 0 Å². The summed E-state index contributed by atoms with van der Waals surface area (Å²) in [5, 5.41) is 0. The van der Waals surface area contributed by atoms with E-state index in [4.69, 9.17) is 10.5 Å². The monoisotopic (exact) mass is 380 g/mol. The smallest absolute Gasteiger partial charge is 0.242 e. The lowest BCUT2D eigenvalue weighted by molar-refractivity contribution is 0.123. The van der Waals surface area contributed by atoms with Gasteiger partial charge in [-0.3, -0.25) is 0 Å². The second-order valence-electron chi connectivity index (χ2n) is 5.07. The molecule has 0 bridgehead atoms. The van der Waals surface area contributed by atoms with E-state index in [1.165, 1.54) is 12.8 Å². The Hall–Kier alpha value is -0.700. The highest BCUT2D eigenvalue weighted by Gasteiger charge is 2.21. The van der Waals surface area contributed by atoms with Crippen molar-refractivity contribution in [2.45, 2.75) is 24.2 Å². The van der Waals surface area contributed by atoms with Crippen LogP contribution in [-0.4, -0.2) is 28.2 Å². The minimum atomic E-state index is -3.75. The zero-order valence-electron chi connectivity index (χ0n) is 11.4. The molecule has 0 radical (unpaired) electrons. The lowest BCUT2D eigenvalue weighted by atomic mass is 10.3. The first-order chi connectivity index (χ1) is 9.90. The fourth-order valence-corrected chi connectivity index (χ4v) is 3.48. The summed E-state index contributed by atoms with van der Waals surface area (Å²) in [4.78, 5) is -0.130. The Bertz CT molecular complexity index is 606. The highest BCUT2D eigenvalue weighted by atomic mass is 79.9. The van der Waals surface area contributed by atoms with Crippen molar-refractivity contribution in [1.82, 2.24) is 4.72 Å². The molecule has 0 atom stereocenters. The van der Waals surface area contributed by atoms with Gasteiger partial charge in [0.05, 0.1) is 10.2 Å². The van der Waals surface area contributed by atoms with Crippen molar-refractivity contribution in [3.8, 4) is 0 Å². The number of hydrogen-bond acceptors (Lipinski definition) is 4. The van der Waals surface area contributed by atoms with Gasteiger partial charge in [0.2, 0.25) is 10.0 Å². The van der Waals surface area contributed by atoms with Gasteiger partial charge in [0.25, 0.3) is 0 Å². The molecule has 118 valence electrons. The fraction of sp³-hybridized carbons (Fsp3) is 0.538. The summed E-state index contributed by atoms with van der Waals surface area (Å²) in [6.45, 7) is 1.52. The molecule has 8 heteroatoms. The van der Waals surface area contributed by atoms with Gasteiger partial charge in [0, 0.05) is 19.8 Å². The molecular formula is C13H18BrFN2O3S. The third-order valence-electron chi connectivity index (χ3n) is 3.15. The molecule has 0 aromatic heterocycles. The second-order valence-corrected chi connectivity index (χ2v) is 7.66. The maximum atomic E-state index is 13.3. The Morgan fingerprint density at radius 2 is 2.14 bits per heavy atom. The van der Waals surface area contributed by atoms with Crippen molar-refractivity contribution in [2.75, 3.05) is 25.5 Å². The van der Waals surface area contributed by atoms with Crippen molar-refractivity contribution >= 4 is 31.6 Å². The highest BCUT2D eigenvalue weighted by Crippen LogP contribution is 2.28. The number of anilines is 1. The molecule has 1 saturated carbocycles. The first kappa shape index (κ1) is 16.7. The summed E-state index contributed by atoms with van der Waals surface area (Å²) in [7, 11) is -3.75. The van der Waals surface area contributed by atoms with Crippen LogP contribution in [0.3, 0.4) is 0 Å². The van der Waals surface area contributed by atoms with Crippen LogP contribution >= 0.6 is 15.9 Å². The van der Waals surface area contributed by atoms with Crippen molar-refractivity contribution in [1.29, 1.82) is 0 Å². The molecule has 0 aliphatic heterocycles. The number of nitrogen functional groups attached to an aromatic ring is 1. The Morgan fingerprint density at radius 3 is 2.81 bits per heavy atom. The predicted molar refractivity (Wildman–Crippen MR) is 81.9 cm³/mol. The summed E-state index contributed by atoms with van der Waals surface area (Å²) in [5.74, 6) is 0.0954. The molecule has 0 heterocycles. The Labute approximate surface area is 132 Å². The van der Waals surface area contributed by atoms with Crippen molar-refractivity contribution < 1.29 is 17.5 Å². The number of sulfonamides is 1. The van der Waals surface area contributed by atoms with E-state index in [-0.39, 0.29) is 21.6 Å². The van der Waals surface area contributed by atoms with E-state index < -0.39 is 15.8 Å². The van der Waals surface area contributed by atoms with Crippen LogP contribution in [0, 0.1) is 11.7 Å². The Balaban J connectivity index is 1.84. The summed E-state index contributed by atoms with van der Waals surface area (Å²) in [5.41, 5.74) is 5.45. The number of nitrogens with two attached hydrogens (primary N) is 1. The van der Waals surface area contributed by atoms with Gasteiger partial charge >= 0.3 is 0 Å². The van der Waals surface area contributed by atoms with Crippen molar-refractivity contribution in [2.24, 2.45) is 5.92 Å². The van der Waals surface area contributed by atoms with E-state index >= 15 is 0 Å². The van der Waals surface area contributed by atoms with Crippen LogP contribution in [0.15, 0.2) is 21.5 Å². The lowest BCUT2D eigenvalue weighted by Gasteiger charge is -2.10. The average Bonchev–Trinajstić information content (AvgIpc) is 3.22. The molecule has 1 aliphatic rings. The molecular weight excluding hydrogens is 363 g/mol. The molecule has 1 fully saturated rings. The molecule has 5 nitrogen and oxygen atoms in total. The van der Waals surface area contributed by atoms with E-state index in [0.29, 0.717) is 18.9 Å². The van der Waals surface area contributed by atoms with Crippen LogP contribution in [0.4, 0.5) is 10.1 Å². The van der Waals surface area contributed by atoms with Gasteiger partial charge in [0.1, 0.15) is 10.7 Å². The summed E-state index contributed by atoms with van der Waals surface area (Å²) >= 11 is 2.95. The lowest BCUT2D eigenvalue weighted by Crippen LogP contribution is -2.26. The molecule has 1 aromatic rings. The van der Waals surface area contributed by atoms with Gasteiger partial charge in [-0.2, -0.15) is 0 Å². The molecule has 2 rings (SSSR count).